The summed E-state index contributed by atoms with van der Waals surface area (Å²) in [5.74, 6) is 0.547. The molecule has 3 aromatic carbocycles. The topological polar surface area (TPSA) is 53.2 Å². The Morgan fingerprint density at radius 1 is 0.875 bits per heavy atom. The molecule has 0 unspecified atom stereocenters. The Kier molecular flexibility index (Phi) is 4.86. The number of rotatable bonds is 4. The Labute approximate surface area is 185 Å². The molecule has 0 aliphatic carbocycles. The molecule has 5 heteroatoms. The highest BCUT2D eigenvalue weighted by Gasteiger charge is 2.26. The molecule has 0 amide bonds. The summed E-state index contributed by atoms with van der Waals surface area (Å²) < 4.78 is 9.40. The molecule has 5 aromatic rings. The van der Waals surface area contributed by atoms with Crippen LogP contribution in [0.25, 0.3) is 33.1 Å². The molecule has 0 atom stereocenters. The summed E-state index contributed by atoms with van der Waals surface area (Å²) in [7, 11) is 1.76. The number of carbonyl (C=O) groups excluding carboxylic acids is 1. The molecule has 0 spiro atoms. The molecule has 158 valence electrons. The van der Waals surface area contributed by atoms with Crippen LogP contribution in [0.15, 0.2) is 89.7 Å². The van der Waals surface area contributed by atoms with Crippen molar-refractivity contribution in [1.82, 2.24) is 9.13 Å². The third-order valence-electron chi connectivity index (χ3n) is 5.80. The van der Waals surface area contributed by atoms with E-state index in [1.165, 1.54) is 6.92 Å². The van der Waals surface area contributed by atoms with Gasteiger partial charge in [0.15, 0.2) is 0 Å². The largest absolute Gasteiger partial charge is 0.489 e. The van der Waals surface area contributed by atoms with Crippen molar-refractivity contribution in [2.75, 3.05) is 0 Å². The summed E-state index contributed by atoms with van der Waals surface area (Å²) in [4.78, 5) is 26.6. The summed E-state index contributed by atoms with van der Waals surface area (Å²) in [6.45, 7) is 1.69. The lowest BCUT2D eigenvalue weighted by atomic mass is 10.1. The van der Waals surface area contributed by atoms with Gasteiger partial charge in [0.25, 0.3) is 5.56 Å². The van der Waals surface area contributed by atoms with Crippen molar-refractivity contribution in [3.05, 3.63) is 101 Å². The number of para-hydroxylation sites is 2. The van der Waals surface area contributed by atoms with Crippen LogP contribution in [-0.4, -0.2) is 15.0 Å². The van der Waals surface area contributed by atoms with Crippen molar-refractivity contribution in [2.24, 2.45) is 7.05 Å². The molecule has 2 heterocycles. The summed E-state index contributed by atoms with van der Waals surface area (Å²) in [5, 5.41) is 1.36. The van der Waals surface area contributed by atoms with Crippen LogP contribution < -0.4 is 10.3 Å². The fourth-order valence-electron chi connectivity index (χ4n) is 4.38. The van der Waals surface area contributed by atoms with E-state index in [1.807, 2.05) is 84.9 Å². The number of aromatic nitrogens is 2. The summed E-state index contributed by atoms with van der Waals surface area (Å²) >= 11 is 0. The zero-order chi connectivity index (χ0) is 22.2. The van der Waals surface area contributed by atoms with Gasteiger partial charge in [-0.25, -0.2) is 0 Å². The molecule has 0 aliphatic heterocycles. The fourth-order valence-corrected chi connectivity index (χ4v) is 4.38. The number of pyridine rings is 1. The van der Waals surface area contributed by atoms with Crippen LogP contribution in [-0.2, 0) is 13.7 Å². The third-order valence-corrected chi connectivity index (χ3v) is 5.80. The average molecular weight is 422 g/mol. The molecule has 0 aliphatic rings. The quantitative estimate of drug-likeness (QED) is 0.390. The van der Waals surface area contributed by atoms with Crippen LogP contribution in [0, 0.1) is 0 Å². The second kappa shape index (κ2) is 7.85. The maximum atomic E-state index is 13.6. The van der Waals surface area contributed by atoms with E-state index in [0.29, 0.717) is 27.9 Å². The summed E-state index contributed by atoms with van der Waals surface area (Å²) in [6, 6.07) is 26.8. The van der Waals surface area contributed by atoms with E-state index >= 15 is 0 Å². The van der Waals surface area contributed by atoms with Gasteiger partial charge >= 0.3 is 0 Å². The van der Waals surface area contributed by atoms with Gasteiger partial charge < -0.3 is 9.30 Å². The summed E-state index contributed by atoms with van der Waals surface area (Å²) in [5.41, 5.74) is 3.51. The highest BCUT2D eigenvalue weighted by molar-refractivity contribution is 6.12. The summed E-state index contributed by atoms with van der Waals surface area (Å²) in [6.07, 6.45) is 0. The minimum Gasteiger partial charge on any atom is -0.489 e. The van der Waals surface area contributed by atoms with E-state index < -0.39 is 0 Å². The van der Waals surface area contributed by atoms with Crippen LogP contribution in [0.5, 0.6) is 5.75 Å². The first-order valence-corrected chi connectivity index (χ1v) is 10.5. The fraction of sp³-hybridized carbons (Fsp3) is 0.111. The average Bonchev–Trinajstić information content (AvgIpc) is 3.18. The van der Waals surface area contributed by atoms with Crippen LogP contribution in [0.2, 0.25) is 0 Å². The van der Waals surface area contributed by atoms with E-state index in [-0.39, 0.29) is 18.1 Å². The minimum atomic E-state index is -0.154. The maximum Gasteiger partial charge on any atom is 0.260 e. The molecule has 32 heavy (non-hydrogen) atoms. The number of fused-ring (bicyclic) bond motifs is 3. The SMILES string of the molecule is CC(=O)n1c(-c2ccccc2)c(COc2ccccc2)c2c(=O)n(C)c3ccccc3c21. The smallest absolute Gasteiger partial charge is 0.260 e. The van der Waals surface area contributed by atoms with Gasteiger partial charge in [0, 0.05) is 24.9 Å². The van der Waals surface area contributed by atoms with Gasteiger partial charge in [-0.15, -0.1) is 0 Å². The Hall–Kier alpha value is -4.12. The Morgan fingerprint density at radius 3 is 2.19 bits per heavy atom. The van der Waals surface area contributed by atoms with Gasteiger partial charge in [-0.1, -0.05) is 66.7 Å². The van der Waals surface area contributed by atoms with Gasteiger partial charge in [0.1, 0.15) is 12.4 Å². The maximum absolute atomic E-state index is 13.6. The number of hydrogen-bond acceptors (Lipinski definition) is 3. The lowest BCUT2D eigenvalue weighted by Crippen LogP contribution is -2.18. The molecule has 0 fully saturated rings. The minimum absolute atomic E-state index is 0.150. The standard InChI is InChI=1S/C27H22N2O3/c1-18(30)29-25(19-11-5-3-6-12-19)22(17-32-20-13-7-4-8-14-20)24-26(29)21-15-9-10-16-23(21)28(2)27(24)31/h3-16H,17H2,1-2H3. The molecular weight excluding hydrogens is 400 g/mol. The zero-order valence-electron chi connectivity index (χ0n) is 17.9. The van der Waals surface area contributed by atoms with Crippen LogP contribution in [0.3, 0.4) is 0 Å². The number of aryl methyl sites for hydroxylation is 1. The van der Waals surface area contributed by atoms with Gasteiger partial charge in [-0.05, 0) is 23.8 Å². The Balaban J connectivity index is 1.91. The van der Waals surface area contributed by atoms with Crippen LogP contribution in [0.1, 0.15) is 17.3 Å². The second-order valence-corrected chi connectivity index (χ2v) is 7.75. The normalized spacial score (nSPS) is 11.2. The highest BCUT2D eigenvalue weighted by Crippen LogP contribution is 2.36. The number of benzene rings is 3. The van der Waals surface area contributed by atoms with Gasteiger partial charge in [-0.2, -0.15) is 0 Å². The van der Waals surface area contributed by atoms with E-state index in [1.54, 1.807) is 16.2 Å². The molecule has 0 saturated heterocycles. The molecular formula is C27H22N2O3. The van der Waals surface area contributed by atoms with Crippen molar-refractivity contribution in [2.45, 2.75) is 13.5 Å². The molecule has 5 rings (SSSR count). The number of ether oxygens (including phenoxy) is 1. The monoisotopic (exact) mass is 422 g/mol. The number of nitrogens with zero attached hydrogens (tertiary/aromatic N) is 2. The molecule has 5 nitrogen and oxygen atoms in total. The second-order valence-electron chi connectivity index (χ2n) is 7.75. The van der Waals surface area contributed by atoms with Crippen LogP contribution in [0.4, 0.5) is 0 Å². The molecule has 0 bridgehead atoms. The predicted octanol–water partition coefficient (Wildman–Crippen LogP) is 5.40. The third kappa shape index (κ3) is 3.10. The van der Waals surface area contributed by atoms with Gasteiger partial charge in [-0.3, -0.25) is 14.2 Å². The van der Waals surface area contributed by atoms with Crippen molar-refractivity contribution in [3.63, 3.8) is 0 Å². The van der Waals surface area contributed by atoms with Crippen molar-refractivity contribution in [3.8, 4) is 17.0 Å². The van der Waals surface area contributed by atoms with Crippen molar-refractivity contribution < 1.29 is 9.53 Å². The lowest BCUT2D eigenvalue weighted by molar-refractivity contribution is 0.0943. The number of carbonyl (C=O) groups is 1. The van der Waals surface area contributed by atoms with E-state index in [2.05, 4.69) is 0 Å². The predicted molar refractivity (Wildman–Crippen MR) is 127 cm³/mol. The zero-order valence-corrected chi connectivity index (χ0v) is 17.9. The highest BCUT2D eigenvalue weighted by atomic mass is 16.5. The van der Waals surface area contributed by atoms with E-state index in [0.717, 1.165) is 16.5 Å². The molecule has 0 N–H and O–H groups in total. The molecule has 0 saturated carbocycles. The first-order valence-electron chi connectivity index (χ1n) is 10.5. The van der Waals surface area contributed by atoms with Gasteiger partial charge in [0.2, 0.25) is 5.91 Å². The lowest BCUT2D eigenvalue weighted by Gasteiger charge is -2.11. The molecule has 2 aromatic heterocycles. The Bertz CT molecular complexity index is 1510. The number of hydrogen-bond donors (Lipinski definition) is 0. The van der Waals surface area contributed by atoms with Crippen molar-refractivity contribution >= 4 is 27.7 Å². The molecule has 0 radical (unpaired) electrons. The van der Waals surface area contributed by atoms with E-state index in [9.17, 15) is 9.59 Å². The van der Waals surface area contributed by atoms with Gasteiger partial charge in [0.05, 0.1) is 22.1 Å². The van der Waals surface area contributed by atoms with Crippen LogP contribution >= 0.6 is 0 Å². The Morgan fingerprint density at radius 2 is 1.50 bits per heavy atom. The first-order chi connectivity index (χ1) is 15.6. The van der Waals surface area contributed by atoms with E-state index in [4.69, 9.17) is 4.74 Å². The first kappa shape index (κ1) is 19.8. The van der Waals surface area contributed by atoms with Crippen molar-refractivity contribution in [1.29, 1.82) is 0 Å².